The number of hydrogen-bond donors (Lipinski definition) is 0. The van der Waals surface area contributed by atoms with E-state index >= 15 is 0 Å². The van der Waals surface area contributed by atoms with Crippen LogP contribution in [0.1, 0.15) is 56.4 Å². The van der Waals surface area contributed by atoms with E-state index in [1.165, 1.54) is 65.8 Å². The van der Waals surface area contributed by atoms with Crippen molar-refractivity contribution in [3.05, 3.63) is 46.8 Å². The summed E-state index contributed by atoms with van der Waals surface area (Å²) in [7, 11) is 0. The Morgan fingerprint density at radius 3 is 2.25 bits per heavy atom. The fourth-order valence-electron chi connectivity index (χ4n) is 2.52. The number of unbranched alkanes of at least 4 members (excludes halogenated alkanes) is 3. The number of thiophene rings is 1. The Morgan fingerprint density at radius 1 is 0.750 bits per heavy atom. The Labute approximate surface area is 127 Å². The number of aryl methyl sites for hydroxylation is 2. The molecule has 0 N–H and O–H groups in total. The van der Waals surface area contributed by atoms with E-state index in [1.54, 1.807) is 0 Å². The molecule has 108 valence electrons. The summed E-state index contributed by atoms with van der Waals surface area (Å²) in [6, 6.07) is 13.7. The van der Waals surface area contributed by atoms with Crippen LogP contribution in [0.5, 0.6) is 0 Å². The molecule has 0 saturated carbocycles. The largest absolute Gasteiger partial charge is 0.140 e. The first-order valence-corrected chi connectivity index (χ1v) is 8.83. The minimum absolute atomic E-state index is 1.19. The molecular weight excluding hydrogens is 260 g/mol. The predicted octanol–water partition coefficient (Wildman–Crippen LogP) is 6.49. The minimum atomic E-state index is 1.19. The lowest BCUT2D eigenvalue weighted by atomic mass is 10.1. The van der Waals surface area contributed by atoms with Crippen molar-refractivity contribution in [2.45, 2.75) is 58.8 Å². The summed E-state index contributed by atoms with van der Waals surface area (Å²) in [5.41, 5.74) is 2.82. The fraction of sp³-hybridized carbons (Fsp3) is 0.474. The van der Waals surface area contributed by atoms with Crippen LogP contribution in [0.25, 0.3) is 10.4 Å². The molecule has 1 heteroatoms. The summed E-state index contributed by atoms with van der Waals surface area (Å²) < 4.78 is 0. The standard InChI is InChI=1S/C19H26S/c1-3-5-6-7-9-18-14-15-19(20-18)17-12-10-16(8-4-2)11-13-17/h10-15H,3-9H2,1-2H3. The van der Waals surface area contributed by atoms with Gasteiger partial charge in [-0.15, -0.1) is 11.3 Å². The average Bonchev–Trinajstić information content (AvgIpc) is 2.94. The molecule has 0 aliphatic heterocycles. The molecule has 0 aliphatic rings. The molecule has 0 bridgehead atoms. The van der Waals surface area contributed by atoms with Crippen molar-refractivity contribution < 1.29 is 0 Å². The van der Waals surface area contributed by atoms with Crippen LogP contribution in [-0.2, 0) is 12.8 Å². The average molecular weight is 286 g/mol. The second-order valence-corrected chi connectivity index (χ2v) is 6.69. The van der Waals surface area contributed by atoms with Crippen molar-refractivity contribution in [2.24, 2.45) is 0 Å². The van der Waals surface area contributed by atoms with Gasteiger partial charge in [-0.2, -0.15) is 0 Å². The molecule has 1 aromatic carbocycles. The summed E-state index contributed by atoms with van der Waals surface area (Å²) in [4.78, 5) is 2.95. The highest BCUT2D eigenvalue weighted by molar-refractivity contribution is 7.15. The first-order valence-electron chi connectivity index (χ1n) is 8.01. The monoisotopic (exact) mass is 286 g/mol. The highest BCUT2D eigenvalue weighted by Crippen LogP contribution is 2.29. The van der Waals surface area contributed by atoms with Gasteiger partial charge in [-0.1, -0.05) is 63.8 Å². The van der Waals surface area contributed by atoms with Crippen LogP contribution in [0, 0.1) is 0 Å². The second-order valence-electron chi connectivity index (χ2n) is 5.52. The van der Waals surface area contributed by atoms with E-state index in [0.29, 0.717) is 0 Å². The van der Waals surface area contributed by atoms with Gasteiger partial charge in [0.1, 0.15) is 0 Å². The van der Waals surface area contributed by atoms with Gasteiger partial charge in [0, 0.05) is 9.75 Å². The predicted molar refractivity (Wildman–Crippen MR) is 91.6 cm³/mol. The van der Waals surface area contributed by atoms with E-state index in [1.807, 2.05) is 11.3 Å². The maximum atomic E-state index is 2.31. The van der Waals surface area contributed by atoms with Crippen LogP contribution < -0.4 is 0 Å². The summed E-state index contributed by atoms with van der Waals surface area (Å²) in [6.45, 7) is 4.50. The van der Waals surface area contributed by atoms with Gasteiger partial charge in [0.2, 0.25) is 0 Å². The Bertz CT molecular complexity index is 493. The molecule has 0 saturated heterocycles. The number of rotatable bonds is 8. The maximum Gasteiger partial charge on any atom is 0.0345 e. The van der Waals surface area contributed by atoms with E-state index in [2.05, 4.69) is 50.2 Å². The third-order valence-electron chi connectivity index (χ3n) is 3.72. The quantitative estimate of drug-likeness (QED) is 0.486. The molecule has 1 aromatic heterocycles. The molecule has 0 aliphatic carbocycles. The highest BCUT2D eigenvalue weighted by Gasteiger charge is 2.03. The van der Waals surface area contributed by atoms with Crippen molar-refractivity contribution in [1.29, 1.82) is 0 Å². The first-order chi connectivity index (χ1) is 9.83. The van der Waals surface area contributed by atoms with Crippen molar-refractivity contribution in [3.63, 3.8) is 0 Å². The molecule has 1 heterocycles. The molecule has 0 fully saturated rings. The number of benzene rings is 1. The van der Waals surface area contributed by atoms with Gasteiger partial charge in [-0.3, -0.25) is 0 Å². The third kappa shape index (κ3) is 4.49. The molecular formula is C19H26S. The summed E-state index contributed by atoms with van der Waals surface area (Å²) in [6.07, 6.45) is 9.06. The lowest BCUT2D eigenvalue weighted by molar-refractivity contribution is 0.670. The lowest BCUT2D eigenvalue weighted by Gasteiger charge is -2.01. The Kier molecular flexibility index (Phi) is 6.32. The summed E-state index contributed by atoms with van der Waals surface area (Å²) >= 11 is 1.96. The molecule has 0 radical (unpaired) electrons. The molecule has 0 nitrogen and oxygen atoms in total. The third-order valence-corrected chi connectivity index (χ3v) is 4.91. The van der Waals surface area contributed by atoms with Gasteiger partial charge in [-0.05, 0) is 42.5 Å². The van der Waals surface area contributed by atoms with Crippen LogP contribution >= 0.6 is 11.3 Å². The van der Waals surface area contributed by atoms with Gasteiger partial charge in [-0.25, -0.2) is 0 Å². The topological polar surface area (TPSA) is 0 Å². The maximum absolute atomic E-state index is 2.31. The number of hydrogen-bond acceptors (Lipinski definition) is 1. The van der Waals surface area contributed by atoms with Crippen LogP contribution in [0.2, 0.25) is 0 Å². The summed E-state index contributed by atoms with van der Waals surface area (Å²) in [5, 5.41) is 0. The highest BCUT2D eigenvalue weighted by atomic mass is 32.1. The Hall–Kier alpha value is -1.08. The first kappa shape index (κ1) is 15.3. The SMILES string of the molecule is CCCCCCc1ccc(-c2ccc(CCC)cc2)s1. The van der Waals surface area contributed by atoms with Gasteiger partial charge in [0.15, 0.2) is 0 Å². The fourth-order valence-corrected chi connectivity index (χ4v) is 3.57. The van der Waals surface area contributed by atoms with E-state index in [-0.39, 0.29) is 0 Å². The van der Waals surface area contributed by atoms with Crippen molar-refractivity contribution in [3.8, 4) is 10.4 Å². The normalized spacial score (nSPS) is 10.9. The molecule has 0 unspecified atom stereocenters. The second kappa shape index (κ2) is 8.26. The molecule has 0 amide bonds. The van der Waals surface area contributed by atoms with Crippen LogP contribution in [0.3, 0.4) is 0 Å². The van der Waals surface area contributed by atoms with Crippen LogP contribution in [-0.4, -0.2) is 0 Å². The zero-order valence-electron chi connectivity index (χ0n) is 12.8. The molecule has 20 heavy (non-hydrogen) atoms. The molecule has 0 atom stereocenters. The van der Waals surface area contributed by atoms with Crippen molar-refractivity contribution in [2.75, 3.05) is 0 Å². The van der Waals surface area contributed by atoms with E-state index in [4.69, 9.17) is 0 Å². The minimum Gasteiger partial charge on any atom is -0.140 e. The zero-order chi connectivity index (χ0) is 14.2. The molecule has 0 spiro atoms. The van der Waals surface area contributed by atoms with E-state index in [0.717, 1.165) is 0 Å². The molecule has 2 aromatic rings. The Morgan fingerprint density at radius 2 is 1.55 bits per heavy atom. The van der Waals surface area contributed by atoms with E-state index in [9.17, 15) is 0 Å². The van der Waals surface area contributed by atoms with Crippen molar-refractivity contribution >= 4 is 11.3 Å². The zero-order valence-corrected chi connectivity index (χ0v) is 13.6. The van der Waals surface area contributed by atoms with Crippen LogP contribution in [0.15, 0.2) is 36.4 Å². The van der Waals surface area contributed by atoms with Gasteiger partial charge in [0.05, 0.1) is 0 Å². The summed E-state index contributed by atoms with van der Waals surface area (Å²) in [5.74, 6) is 0. The van der Waals surface area contributed by atoms with Crippen molar-refractivity contribution in [1.82, 2.24) is 0 Å². The van der Waals surface area contributed by atoms with E-state index < -0.39 is 0 Å². The Balaban J connectivity index is 1.93. The van der Waals surface area contributed by atoms with Gasteiger partial charge >= 0.3 is 0 Å². The molecule has 2 rings (SSSR count). The van der Waals surface area contributed by atoms with Crippen LogP contribution in [0.4, 0.5) is 0 Å². The smallest absolute Gasteiger partial charge is 0.0345 e. The van der Waals surface area contributed by atoms with Gasteiger partial charge < -0.3 is 0 Å². The van der Waals surface area contributed by atoms with Gasteiger partial charge in [0.25, 0.3) is 0 Å². The lowest BCUT2D eigenvalue weighted by Crippen LogP contribution is -1.82.